The van der Waals surface area contributed by atoms with Crippen molar-refractivity contribution in [2.45, 2.75) is 25.0 Å². The Bertz CT molecular complexity index is 492. The van der Waals surface area contributed by atoms with Crippen LogP contribution < -0.4 is 10.6 Å². The Morgan fingerprint density at radius 1 is 1.30 bits per heavy atom. The maximum atomic E-state index is 11.7. The zero-order valence-corrected chi connectivity index (χ0v) is 12.2. The van der Waals surface area contributed by atoms with Crippen LogP contribution in [0.5, 0.6) is 0 Å². The summed E-state index contributed by atoms with van der Waals surface area (Å²) >= 11 is 3.31. The summed E-state index contributed by atoms with van der Waals surface area (Å²) in [5, 5.41) is 14.1. The topological polar surface area (TPSA) is 87.7 Å². The number of amides is 2. The zero-order chi connectivity index (χ0) is 14.5. The number of benzene rings is 1. The predicted molar refractivity (Wildman–Crippen MR) is 76.7 cm³/mol. The minimum Gasteiger partial charge on any atom is -0.479 e. The van der Waals surface area contributed by atoms with E-state index in [0.29, 0.717) is 25.1 Å². The number of nitrogens with one attached hydrogen (secondary N) is 2. The summed E-state index contributed by atoms with van der Waals surface area (Å²) < 4.78 is 6.22. The first kappa shape index (κ1) is 14.8. The van der Waals surface area contributed by atoms with Crippen molar-refractivity contribution in [3.8, 4) is 0 Å². The molecule has 0 bridgehead atoms. The summed E-state index contributed by atoms with van der Waals surface area (Å²) in [6, 6.07) is 6.86. The molecule has 0 aromatic heterocycles. The van der Waals surface area contributed by atoms with Crippen LogP contribution in [0.2, 0.25) is 0 Å². The molecule has 2 rings (SSSR count). The lowest BCUT2D eigenvalue weighted by Gasteiger charge is -2.13. The molecule has 0 aliphatic carbocycles. The highest BCUT2D eigenvalue weighted by molar-refractivity contribution is 9.10. The number of hydrogen-bond donors (Lipinski definition) is 3. The Labute approximate surface area is 124 Å². The third kappa shape index (κ3) is 4.21. The lowest BCUT2D eigenvalue weighted by atomic mass is 10.2. The number of rotatable bonds is 4. The van der Waals surface area contributed by atoms with E-state index in [1.165, 1.54) is 0 Å². The molecule has 3 N–H and O–H groups in total. The van der Waals surface area contributed by atoms with E-state index < -0.39 is 12.1 Å². The molecule has 1 heterocycles. The number of carboxylic acid groups (broad SMARTS) is 1. The fourth-order valence-corrected chi connectivity index (χ4v) is 2.22. The number of halogens is 1. The van der Waals surface area contributed by atoms with E-state index in [1.54, 1.807) is 12.1 Å². The Balaban J connectivity index is 1.73. The van der Waals surface area contributed by atoms with E-state index >= 15 is 0 Å². The minimum absolute atomic E-state index is 0.244. The molecule has 1 saturated heterocycles. The van der Waals surface area contributed by atoms with Crippen molar-refractivity contribution >= 4 is 33.6 Å². The van der Waals surface area contributed by atoms with Crippen LogP contribution in [0.15, 0.2) is 28.7 Å². The molecule has 0 radical (unpaired) electrons. The van der Waals surface area contributed by atoms with Crippen molar-refractivity contribution < 1.29 is 19.4 Å². The van der Waals surface area contributed by atoms with Crippen LogP contribution in [-0.2, 0) is 9.53 Å². The van der Waals surface area contributed by atoms with Gasteiger partial charge in [0.15, 0.2) is 6.10 Å². The van der Waals surface area contributed by atoms with E-state index in [-0.39, 0.29) is 12.1 Å². The van der Waals surface area contributed by atoms with Gasteiger partial charge in [-0.3, -0.25) is 0 Å². The summed E-state index contributed by atoms with van der Waals surface area (Å²) in [7, 11) is 0. The molecular weight excluding hydrogens is 328 g/mol. The monoisotopic (exact) mass is 342 g/mol. The van der Waals surface area contributed by atoms with Crippen LogP contribution in [0.3, 0.4) is 0 Å². The number of urea groups is 1. The Morgan fingerprint density at radius 3 is 2.60 bits per heavy atom. The average Bonchev–Trinajstić information content (AvgIpc) is 2.88. The summed E-state index contributed by atoms with van der Waals surface area (Å²) in [5.41, 5.74) is 0.682. The third-order valence-electron chi connectivity index (χ3n) is 2.98. The highest BCUT2D eigenvalue weighted by atomic mass is 79.9. The first-order chi connectivity index (χ1) is 9.54. The second-order valence-corrected chi connectivity index (χ2v) is 5.42. The van der Waals surface area contributed by atoms with Gasteiger partial charge in [0, 0.05) is 16.7 Å². The minimum atomic E-state index is -0.952. The molecule has 1 aromatic rings. The Morgan fingerprint density at radius 2 is 2.00 bits per heavy atom. The van der Waals surface area contributed by atoms with Crippen molar-refractivity contribution in [3.05, 3.63) is 28.7 Å². The largest absolute Gasteiger partial charge is 0.479 e. The third-order valence-corrected chi connectivity index (χ3v) is 3.50. The van der Waals surface area contributed by atoms with Crippen molar-refractivity contribution in [1.29, 1.82) is 0 Å². The van der Waals surface area contributed by atoms with Gasteiger partial charge in [-0.05, 0) is 37.1 Å². The Kier molecular flexibility index (Phi) is 4.97. The highest BCUT2D eigenvalue weighted by Gasteiger charge is 2.30. The van der Waals surface area contributed by atoms with E-state index in [2.05, 4.69) is 26.6 Å². The molecule has 2 atom stereocenters. The van der Waals surface area contributed by atoms with E-state index in [4.69, 9.17) is 9.84 Å². The van der Waals surface area contributed by atoms with Crippen LogP contribution in [0.25, 0.3) is 0 Å². The molecule has 20 heavy (non-hydrogen) atoms. The summed E-state index contributed by atoms with van der Waals surface area (Å²) in [4.78, 5) is 22.4. The van der Waals surface area contributed by atoms with Crippen LogP contribution >= 0.6 is 15.9 Å². The number of carboxylic acids is 1. The fraction of sp³-hybridized carbons (Fsp3) is 0.385. The highest BCUT2D eigenvalue weighted by Crippen LogP contribution is 2.19. The number of anilines is 1. The van der Waals surface area contributed by atoms with Crippen molar-refractivity contribution in [3.63, 3.8) is 0 Å². The van der Waals surface area contributed by atoms with Gasteiger partial charge in [0.05, 0.1) is 6.10 Å². The molecule has 2 unspecified atom stereocenters. The van der Waals surface area contributed by atoms with Gasteiger partial charge < -0.3 is 20.5 Å². The normalized spacial score (nSPS) is 21.4. The standard InChI is InChI=1S/C13H15BrN2O4/c14-8-1-3-9(4-2-8)16-13(19)15-7-10-5-6-11(20-10)12(17)18/h1-4,10-11H,5-7H2,(H,17,18)(H2,15,16,19). The number of ether oxygens (including phenoxy) is 1. The van der Waals surface area contributed by atoms with Gasteiger partial charge in [-0.25, -0.2) is 9.59 Å². The van der Waals surface area contributed by atoms with Crippen molar-refractivity contribution in [2.24, 2.45) is 0 Å². The van der Waals surface area contributed by atoms with E-state index in [0.717, 1.165) is 4.47 Å². The van der Waals surface area contributed by atoms with Crippen LogP contribution in [0, 0.1) is 0 Å². The van der Waals surface area contributed by atoms with Gasteiger partial charge in [0.25, 0.3) is 0 Å². The molecule has 6 nitrogen and oxygen atoms in total. The summed E-state index contributed by atoms with van der Waals surface area (Å²) in [6.07, 6.45) is 0.119. The molecule has 1 aliphatic heterocycles. The Hall–Kier alpha value is -1.60. The molecule has 1 aliphatic rings. The fourth-order valence-electron chi connectivity index (χ4n) is 1.95. The smallest absolute Gasteiger partial charge is 0.332 e. The second kappa shape index (κ2) is 6.71. The van der Waals surface area contributed by atoms with Crippen LogP contribution in [0.1, 0.15) is 12.8 Å². The SMILES string of the molecule is O=C(NCC1CCC(C(=O)O)O1)Nc1ccc(Br)cc1. The van der Waals surface area contributed by atoms with E-state index in [9.17, 15) is 9.59 Å². The lowest BCUT2D eigenvalue weighted by Crippen LogP contribution is -2.35. The summed E-state index contributed by atoms with van der Waals surface area (Å²) in [5.74, 6) is -0.952. The second-order valence-electron chi connectivity index (χ2n) is 4.50. The van der Waals surface area contributed by atoms with Gasteiger partial charge in [-0.2, -0.15) is 0 Å². The maximum Gasteiger partial charge on any atom is 0.332 e. The molecule has 2 amide bonds. The van der Waals surface area contributed by atoms with Gasteiger partial charge >= 0.3 is 12.0 Å². The first-order valence-corrected chi connectivity index (χ1v) is 7.02. The zero-order valence-electron chi connectivity index (χ0n) is 10.6. The van der Waals surface area contributed by atoms with E-state index in [1.807, 2.05) is 12.1 Å². The maximum absolute atomic E-state index is 11.7. The van der Waals surface area contributed by atoms with Crippen LogP contribution in [-0.4, -0.2) is 35.9 Å². The average molecular weight is 343 g/mol. The number of carbonyl (C=O) groups excluding carboxylic acids is 1. The first-order valence-electron chi connectivity index (χ1n) is 6.23. The van der Waals surface area contributed by atoms with Gasteiger partial charge in [0.2, 0.25) is 0 Å². The molecule has 0 spiro atoms. The van der Waals surface area contributed by atoms with Crippen LogP contribution in [0.4, 0.5) is 10.5 Å². The molecule has 1 fully saturated rings. The van der Waals surface area contributed by atoms with Crippen molar-refractivity contribution in [1.82, 2.24) is 5.32 Å². The number of hydrogen-bond acceptors (Lipinski definition) is 3. The molecule has 7 heteroatoms. The number of aliphatic carboxylic acids is 1. The molecular formula is C13H15BrN2O4. The van der Waals surface area contributed by atoms with Gasteiger partial charge in [0.1, 0.15) is 0 Å². The van der Waals surface area contributed by atoms with Gasteiger partial charge in [-0.15, -0.1) is 0 Å². The molecule has 108 valence electrons. The predicted octanol–water partition coefficient (Wildman–Crippen LogP) is 2.20. The van der Waals surface area contributed by atoms with Gasteiger partial charge in [-0.1, -0.05) is 15.9 Å². The quantitative estimate of drug-likeness (QED) is 0.782. The lowest BCUT2D eigenvalue weighted by molar-refractivity contribution is -0.149. The molecule has 1 aromatic carbocycles. The summed E-state index contributed by atoms with van der Waals surface area (Å²) in [6.45, 7) is 0.298. The number of carbonyl (C=O) groups is 2. The van der Waals surface area contributed by atoms with Crippen molar-refractivity contribution in [2.75, 3.05) is 11.9 Å². The molecule has 0 saturated carbocycles.